The molecule has 5 rings (SSSR count). The van der Waals surface area contributed by atoms with Crippen LogP contribution in [0.4, 0.5) is 0 Å². The Morgan fingerprint density at radius 2 is 1.69 bits per heavy atom. The van der Waals surface area contributed by atoms with Gasteiger partial charge in [-0.25, -0.2) is 4.79 Å². The standard InChI is InChI=1S/C35H45NO9/c1-33-15-12-23(37)19-22(33)6-9-25-26(33)13-16-34(2)27(25)14-17-35(34,43)29(38)20-45-31(40)11-10-30(39)36-28(32(41)42)18-21-4-7-24(44-3)8-5-21/h4-5,7-8,19,25-28,43H,6,9-18,20H2,1-3H3,(H,36,39)(H,41,42)/t25-,26+,27-,28+,33+,34+,35+/m1/s1. The first-order valence-electron chi connectivity index (χ1n) is 16.1. The number of aliphatic carboxylic acids is 1. The fourth-order valence-corrected chi connectivity index (χ4v) is 9.05. The Kier molecular flexibility index (Phi) is 9.27. The van der Waals surface area contributed by atoms with E-state index in [0.29, 0.717) is 42.4 Å². The van der Waals surface area contributed by atoms with Crippen LogP contribution in [0.1, 0.15) is 83.6 Å². The second-order valence-corrected chi connectivity index (χ2v) is 13.9. The maximum absolute atomic E-state index is 13.5. The number of esters is 1. The number of carboxylic acid groups (broad SMARTS) is 1. The number of ether oxygens (including phenoxy) is 2. The first-order valence-corrected chi connectivity index (χ1v) is 16.1. The van der Waals surface area contributed by atoms with Gasteiger partial charge in [0.25, 0.3) is 0 Å². The molecule has 0 aromatic heterocycles. The number of aliphatic hydroxyl groups is 1. The number of ketones is 2. The van der Waals surface area contributed by atoms with Crippen LogP contribution in [0.15, 0.2) is 35.9 Å². The average molecular weight is 624 g/mol. The zero-order chi connectivity index (χ0) is 32.6. The average Bonchev–Trinajstić information content (AvgIpc) is 3.30. The smallest absolute Gasteiger partial charge is 0.326 e. The van der Waals surface area contributed by atoms with Crippen molar-refractivity contribution < 1.29 is 43.7 Å². The van der Waals surface area contributed by atoms with Crippen LogP contribution in [0.25, 0.3) is 0 Å². The minimum absolute atomic E-state index is 0.00907. The molecule has 0 radical (unpaired) electrons. The summed E-state index contributed by atoms with van der Waals surface area (Å²) in [4.78, 5) is 62.3. The van der Waals surface area contributed by atoms with Gasteiger partial charge in [0.2, 0.25) is 11.7 Å². The molecule has 1 aromatic carbocycles. The van der Waals surface area contributed by atoms with Crippen molar-refractivity contribution in [1.29, 1.82) is 0 Å². The molecule has 7 atom stereocenters. The van der Waals surface area contributed by atoms with Crippen molar-refractivity contribution in [2.24, 2.45) is 28.6 Å². The molecule has 0 spiro atoms. The maximum Gasteiger partial charge on any atom is 0.326 e. The van der Waals surface area contributed by atoms with Crippen molar-refractivity contribution in [2.45, 2.75) is 96.1 Å². The molecule has 244 valence electrons. The molecule has 3 saturated carbocycles. The molecule has 10 heteroatoms. The fourth-order valence-electron chi connectivity index (χ4n) is 9.05. The van der Waals surface area contributed by atoms with Gasteiger partial charge in [-0.3, -0.25) is 19.2 Å². The molecule has 45 heavy (non-hydrogen) atoms. The highest BCUT2D eigenvalue weighted by Gasteiger charge is 2.66. The Bertz CT molecular complexity index is 1390. The lowest BCUT2D eigenvalue weighted by molar-refractivity contribution is -0.170. The SMILES string of the molecule is COc1ccc(C[C@H](NC(=O)CCC(=O)OCC(=O)[C@@]2(O)CC[C@@H]3[C@@H]4CCC5=CC(=O)CC[C@]5(C)[C@H]4CC[C@@]32C)C(=O)O)cc1. The molecule has 0 unspecified atom stereocenters. The fraction of sp³-hybridized carbons (Fsp3) is 0.629. The largest absolute Gasteiger partial charge is 0.497 e. The van der Waals surface area contributed by atoms with E-state index in [2.05, 4.69) is 12.2 Å². The van der Waals surface area contributed by atoms with Crippen LogP contribution in [-0.2, 0) is 35.1 Å². The first kappa shape index (κ1) is 32.9. The van der Waals surface area contributed by atoms with Gasteiger partial charge in [-0.1, -0.05) is 31.6 Å². The van der Waals surface area contributed by atoms with Gasteiger partial charge in [0.05, 0.1) is 13.5 Å². The van der Waals surface area contributed by atoms with Crippen LogP contribution < -0.4 is 10.1 Å². The van der Waals surface area contributed by atoms with Crippen molar-refractivity contribution >= 4 is 29.4 Å². The first-order chi connectivity index (χ1) is 21.3. The number of allylic oxidation sites excluding steroid dienone is 1. The molecule has 0 bridgehead atoms. The number of carbonyl (C=O) groups excluding carboxylic acids is 4. The van der Waals surface area contributed by atoms with Gasteiger partial charge in [0.1, 0.15) is 17.4 Å². The van der Waals surface area contributed by atoms with Crippen molar-refractivity contribution in [3.63, 3.8) is 0 Å². The zero-order valence-electron chi connectivity index (χ0n) is 26.4. The second-order valence-electron chi connectivity index (χ2n) is 13.9. The van der Waals surface area contributed by atoms with Crippen LogP contribution in [0.2, 0.25) is 0 Å². The molecular weight excluding hydrogens is 578 g/mol. The maximum atomic E-state index is 13.5. The summed E-state index contributed by atoms with van der Waals surface area (Å²) < 4.78 is 10.3. The summed E-state index contributed by atoms with van der Waals surface area (Å²) >= 11 is 0. The predicted molar refractivity (Wildman–Crippen MR) is 163 cm³/mol. The molecule has 3 N–H and O–H groups in total. The van der Waals surface area contributed by atoms with Crippen LogP contribution in [-0.4, -0.2) is 65.0 Å². The summed E-state index contributed by atoms with van der Waals surface area (Å²) in [7, 11) is 1.53. The molecule has 4 aliphatic rings. The third kappa shape index (κ3) is 6.18. The lowest BCUT2D eigenvalue weighted by Gasteiger charge is -2.58. The van der Waals surface area contributed by atoms with E-state index in [9.17, 15) is 34.2 Å². The molecule has 0 saturated heterocycles. The number of fused-ring (bicyclic) bond motifs is 5. The van der Waals surface area contributed by atoms with Crippen LogP contribution in [0, 0.1) is 28.6 Å². The minimum Gasteiger partial charge on any atom is -0.497 e. The predicted octanol–water partition coefficient (Wildman–Crippen LogP) is 3.96. The summed E-state index contributed by atoms with van der Waals surface area (Å²) in [6.07, 6.45) is 7.17. The molecule has 1 amide bonds. The number of carbonyl (C=O) groups is 5. The highest BCUT2D eigenvalue weighted by Crippen LogP contribution is 2.67. The highest BCUT2D eigenvalue weighted by molar-refractivity contribution is 5.92. The Morgan fingerprint density at radius 1 is 0.978 bits per heavy atom. The lowest BCUT2D eigenvalue weighted by atomic mass is 9.46. The summed E-state index contributed by atoms with van der Waals surface area (Å²) in [6.45, 7) is 3.72. The van der Waals surface area contributed by atoms with Gasteiger partial charge < -0.3 is 25.0 Å². The van der Waals surface area contributed by atoms with Gasteiger partial charge in [-0.2, -0.15) is 0 Å². The highest BCUT2D eigenvalue weighted by atomic mass is 16.5. The van der Waals surface area contributed by atoms with Crippen molar-refractivity contribution in [1.82, 2.24) is 5.32 Å². The third-order valence-corrected chi connectivity index (χ3v) is 11.7. The van der Waals surface area contributed by atoms with E-state index < -0.39 is 47.3 Å². The quantitative estimate of drug-likeness (QED) is 0.311. The third-order valence-electron chi connectivity index (χ3n) is 11.7. The topological polar surface area (TPSA) is 156 Å². The number of hydrogen-bond donors (Lipinski definition) is 3. The number of nitrogens with one attached hydrogen (secondary N) is 1. The number of methoxy groups -OCH3 is 1. The summed E-state index contributed by atoms with van der Waals surface area (Å²) in [6, 6.07) is 5.64. The number of carboxylic acids is 1. The number of benzene rings is 1. The van der Waals surface area contributed by atoms with E-state index in [0.717, 1.165) is 32.1 Å². The number of amides is 1. The number of rotatable bonds is 11. The summed E-state index contributed by atoms with van der Waals surface area (Å²) in [5, 5.41) is 23.9. The van der Waals surface area contributed by atoms with E-state index >= 15 is 0 Å². The molecule has 10 nitrogen and oxygen atoms in total. The Morgan fingerprint density at radius 3 is 2.38 bits per heavy atom. The summed E-state index contributed by atoms with van der Waals surface area (Å²) in [5.74, 6) is -1.31. The lowest BCUT2D eigenvalue weighted by Crippen LogP contribution is -2.58. The van der Waals surface area contributed by atoms with Gasteiger partial charge in [0.15, 0.2) is 12.4 Å². The Hall–Kier alpha value is -3.53. The van der Waals surface area contributed by atoms with Crippen molar-refractivity contribution in [3.8, 4) is 5.75 Å². The zero-order valence-corrected chi connectivity index (χ0v) is 26.4. The van der Waals surface area contributed by atoms with E-state index in [1.807, 2.05) is 13.0 Å². The van der Waals surface area contributed by atoms with Gasteiger partial charge in [-0.15, -0.1) is 0 Å². The summed E-state index contributed by atoms with van der Waals surface area (Å²) in [5.41, 5.74) is -0.277. The normalized spacial score (nSPS) is 32.7. The number of hydrogen-bond acceptors (Lipinski definition) is 8. The van der Waals surface area contributed by atoms with Gasteiger partial charge in [0, 0.05) is 24.7 Å². The molecule has 1 aromatic rings. The van der Waals surface area contributed by atoms with Gasteiger partial charge in [-0.05, 0) is 91.9 Å². The Balaban J connectivity index is 1.12. The van der Waals surface area contributed by atoms with Gasteiger partial charge >= 0.3 is 11.9 Å². The molecular formula is C35H45NO9. The van der Waals surface area contributed by atoms with Crippen LogP contribution >= 0.6 is 0 Å². The molecule has 0 aliphatic heterocycles. The monoisotopic (exact) mass is 623 g/mol. The minimum atomic E-state index is -1.60. The van der Waals surface area contributed by atoms with E-state index in [4.69, 9.17) is 9.47 Å². The van der Waals surface area contributed by atoms with E-state index in [1.54, 1.807) is 24.3 Å². The van der Waals surface area contributed by atoms with Crippen LogP contribution in [0.5, 0.6) is 5.75 Å². The number of Topliss-reactive ketones (excluding diaryl/α,β-unsaturated/α-hetero) is 1. The van der Waals surface area contributed by atoms with E-state index in [-0.39, 0.29) is 36.4 Å². The van der Waals surface area contributed by atoms with E-state index in [1.165, 1.54) is 12.7 Å². The Labute approximate surface area is 263 Å². The molecule has 3 fully saturated rings. The van der Waals surface area contributed by atoms with Crippen LogP contribution in [0.3, 0.4) is 0 Å². The molecule has 0 heterocycles. The van der Waals surface area contributed by atoms with Crippen molar-refractivity contribution in [2.75, 3.05) is 13.7 Å². The molecule has 4 aliphatic carbocycles. The second kappa shape index (κ2) is 12.7. The van der Waals surface area contributed by atoms with Crippen molar-refractivity contribution in [3.05, 3.63) is 41.5 Å².